The Kier molecular flexibility index (Phi) is 10.3. The average molecular weight is 682 g/mol. The van der Waals surface area contributed by atoms with Gasteiger partial charge in [-0.2, -0.15) is 4.98 Å². The second kappa shape index (κ2) is 15.1. The van der Waals surface area contributed by atoms with Gasteiger partial charge in [-0.05, 0) is 65.8 Å². The monoisotopic (exact) mass is 681 g/mol. The summed E-state index contributed by atoms with van der Waals surface area (Å²) in [6.45, 7) is 8.57. The van der Waals surface area contributed by atoms with Crippen LogP contribution in [0.4, 0.5) is 8.78 Å². The van der Waals surface area contributed by atoms with E-state index in [4.69, 9.17) is 10.2 Å². The Morgan fingerprint density at radius 1 is 0.714 bits per heavy atom. The summed E-state index contributed by atoms with van der Waals surface area (Å²) in [5.41, 5.74) is 6.54. The van der Waals surface area contributed by atoms with E-state index in [1.54, 1.807) is 12.1 Å². The lowest BCUT2D eigenvalue weighted by Crippen LogP contribution is -2.45. The van der Waals surface area contributed by atoms with E-state index in [1.807, 2.05) is 24.3 Å². The summed E-state index contributed by atoms with van der Waals surface area (Å²) in [6, 6.07) is 22.5. The molecule has 0 amide bonds. The highest BCUT2D eigenvalue weighted by molar-refractivity contribution is 7.98. The molecule has 8 nitrogen and oxygen atoms in total. The van der Waals surface area contributed by atoms with Crippen molar-refractivity contribution in [1.82, 2.24) is 34.1 Å². The quantitative estimate of drug-likeness (QED) is 0.116. The molecule has 1 saturated heterocycles. The van der Waals surface area contributed by atoms with Gasteiger partial charge in [0, 0.05) is 43.2 Å². The van der Waals surface area contributed by atoms with Crippen LogP contribution in [0, 0.1) is 5.82 Å². The van der Waals surface area contributed by atoms with E-state index in [0.717, 1.165) is 97.1 Å². The van der Waals surface area contributed by atoms with E-state index >= 15 is 0 Å². The first-order valence-corrected chi connectivity index (χ1v) is 18.1. The number of rotatable bonds is 12. The van der Waals surface area contributed by atoms with Gasteiger partial charge in [0.25, 0.3) is 5.56 Å². The smallest absolute Gasteiger partial charge is 0.277 e. The molecule has 49 heavy (non-hydrogen) atoms. The molecule has 0 unspecified atom stereocenters. The van der Waals surface area contributed by atoms with Crippen molar-refractivity contribution in [2.75, 3.05) is 32.7 Å². The van der Waals surface area contributed by atoms with Gasteiger partial charge in [-0.25, -0.2) is 8.78 Å². The maximum absolute atomic E-state index is 13.6. The zero-order chi connectivity index (χ0) is 33.7. The Morgan fingerprint density at radius 2 is 1.33 bits per heavy atom. The van der Waals surface area contributed by atoms with Crippen molar-refractivity contribution in [2.45, 2.75) is 63.4 Å². The van der Waals surface area contributed by atoms with Crippen molar-refractivity contribution in [3.63, 3.8) is 0 Å². The summed E-state index contributed by atoms with van der Waals surface area (Å²) >= 11 is 1.49. The first-order chi connectivity index (χ1) is 24.0. The van der Waals surface area contributed by atoms with Gasteiger partial charge in [-0.15, -0.1) is 10.2 Å². The molecule has 2 aromatic heterocycles. The summed E-state index contributed by atoms with van der Waals surface area (Å²) in [6.07, 6.45) is 2.46. The number of nitrogens with zero attached hydrogens (tertiary/aromatic N) is 7. The van der Waals surface area contributed by atoms with Crippen molar-refractivity contribution in [1.29, 1.82) is 0 Å². The van der Waals surface area contributed by atoms with Crippen molar-refractivity contribution < 1.29 is 8.78 Å². The van der Waals surface area contributed by atoms with E-state index in [9.17, 15) is 13.6 Å². The largest absolute Gasteiger partial charge is 0.316 e. The highest BCUT2D eigenvalue weighted by Gasteiger charge is 2.25. The van der Waals surface area contributed by atoms with E-state index in [1.165, 1.54) is 23.9 Å². The fourth-order valence-electron chi connectivity index (χ4n) is 6.75. The maximum Gasteiger partial charge on any atom is 0.277 e. The van der Waals surface area contributed by atoms with Crippen LogP contribution in [0.25, 0.3) is 11.1 Å². The molecule has 1 fully saturated rings. The number of thioether (sulfide) groups is 1. The molecule has 3 heterocycles. The summed E-state index contributed by atoms with van der Waals surface area (Å²) in [7, 11) is 0. The van der Waals surface area contributed by atoms with Gasteiger partial charge in [0.05, 0.1) is 19.6 Å². The van der Waals surface area contributed by atoms with Gasteiger partial charge in [0.15, 0.2) is 11.0 Å². The van der Waals surface area contributed by atoms with Crippen molar-refractivity contribution in [3.05, 3.63) is 129 Å². The van der Waals surface area contributed by atoms with Gasteiger partial charge < -0.3 is 14.0 Å². The van der Waals surface area contributed by atoms with E-state index in [2.05, 4.69) is 55.1 Å². The van der Waals surface area contributed by atoms with Crippen molar-refractivity contribution in [2.24, 2.45) is 0 Å². The van der Waals surface area contributed by atoms with Crippen molar-refractivity contribution >= 4 is 11.8 Å². The number of piperazine rings is 1. The molecule has 254 valence electrons. The zero-order valence-corrected chi connectivity index (χ0v) is 28.6. The first kappa shape index (κ1) is 33.3. The van der Waals surface area contributed by atoms with Crippen LogP contribution in [0.15, 0.2) is 82.7 Å². The molecule has 0 spiro atoms. The van der Waals surface area contributed by atoms with E-state index in [0.29, 0.717) is 36.1 Å². The lowest BCUT2D eigenvalue weighted by atomic mass is 10.0. The SMILES string of the molecule is CCN1CCN(Cc2nnc(Cn3c(SCc4ccc(F)cc4)nc(=O)c4c3CCC4)n2Cc2ccc(-c3ccc(CF)cc3)cc2)CC1. The Balaban J connectivity index is 1.19. The molecule has 7 rings (SSSR count). The standard InChI is InChI=1S/C38H41F2N7OS/c1-2-44-18-20-45(21-19-44)24-35-42-43-36(47(35)23-28-8-14-31(15-9-28)30-12-6-27(22-39)7-13-30)25-46-34-5-3-4-33(34)37(48)41-38(46)49-26-29-10-16-32(40)17-11-29/h6-17H,2-5,18-26H2,1H3. The fraction of sp³-hybridized carbons (Fsp3) is 0.368. The Labute approximate surface area is 289 Å². The predicted octanol–water partition coefficient (Wildman–Crippen LogP) is 6.13. The number of likely N-dealkylation sites (N-methyl/N-ethyl adjacent to an activating group) is 1. The molecular weight excluding hydrogens is 641 g/mol. The highest BCUT2D eigenvalue weighted by atomic mass is 32.2. The molecule has 0 bridgehead atoms. The topological polar surface area (TPSA) is 72.1 Å². The second-order valence-corrected chi connectivity index (χ2v) is 13.8. The third-order valence-electron chi connectivity index (χ3n) is 9.70. The second-order valence-electron chi connectivity index (χ2n) is 12.8. The minimum Gasteiger partial charge on any atom is -0.316 e. The van der Waals surface area contributed by atoms with Crippen LogP contribution in [0.1, 0.15) is 52.9 Å². The Morgan fingerprint density at radius 3 is 1.98 bits per heavy atom. The first-order valence-electron chi connectivity index (χ1n) is 17.1. The molecule has 1 aliphatic carbocycles. The van der Waals surface area contributed by atoms with Crippen molar-refractivity contribution in [3.8, 4) is 11.1 Å². The van der Waals surface area contributed by atoms with Crippen LogP contribution in [0.5, 0.6) is 0 Å². The molecular formula is C38H41F2N7OS. The minimum absolute atomic E-state index is 0.154. The highest BCUT2D eigenvalue weighted by Crippen LogP contribution is 2.28. The average Bonchev–Trinajstić information content (AvgIpc) is 3.78. The number of hydrogen-bond donors (Lipinski definition) is 0. The van der Waals surface area contributed by atoms with Gasteiger partial charge in [-0.1, -0.05) is 79.3 Å². The fourth-order valence-corrected chi connectivity index (χ4v) is 7.72. The molecule has 0 atom stereocenters. The zero-order valence-electron chi connectivity index (χ0n) is 27.8. The van der Waals surface area contributed by atoms with E-state index in [-0.39, 0.29) is 11.4 Å². The van der Waals surface area contributed by atoms with Crippen LogP contribution in [0.3, 0.4) is 0 Å². The van der Waals surface area contributed by atoms with Crippen LogP contribution in [-0.2, 0) is 44.9 Å². The molecule has 1 aliphatic heterocycles. The summed E-state index contributed by atoms with van der Waals surface area (Å²) in [5, 5.41) is 10.2. The molecule has 0 saturated carbocycles. The van der Waals surface area contributed by atoms with Gasteiger partial charge in [0.1, 0.15) is 18.3 Å². The summed E-state index contributed by atoms with van der Waals surface area (Å²) in [5.74, 6) is 2.02. The van der Waals surface area contributed by atoms with Gasteiger partial charge in [0.2, 0.25) is 0 Å². The third-order valence-corrected chi connectivity index (χ3v) is 10.7. The summed E-state index contributed by atoms with van der Waals surface area (Å²) < 4.78 is 31.0. The molecule has 3 aromatic carbocycles. The number of alkyl halides is 1. The molecule has 0 N–H and O–H groups in total. The number of benzene rings is 3. The predicted molar refractivity (Wildman–Crippen MR) is 189 cm³/mol. The number of fused-ring (bicyclic) bond motifs is 1. The van der Waals surface area contributed by atoms with E-state index < -0.39 is 6.67 Å². The lowest BCUT2D eigenvalue weighted by molar-refractivity contribution is 0.128. The van der Waals surface area contributed by atoms with Gasteiger partial charge in [-0.3, -0.25) is 9.69 Å². The molecule has 2 aliphatic rings. The van der Waals surface area contributed by atoms with Gasteiger partial charge >= 0.3 is 0 Å². The van der Waals surface area contributed by atoms with Crippen LogP contribution < -0.4 is 5.56 Å². The van der Waals surface area contributed by atoms with Crippen LogP contribution in [-0.4, -0.2) is 66.8 Å². The maximum atomic E-state index is 13.6. The number of halogens is 2. The normalized spacial score (nSPS) is 15.2. The minimum atomic E-state index is -0.469. The molecule has 11 heteroatoms. The Bertz CT molecular complexity index is 1930. The van der Waals surface area contributed by atoms with Crippen LogP contribution in [0.2, 0.25) is 0 Å². The third kappa shape index (κ3) is 7.69. The molecule has 5 aromatic rings. The number of hydrogen-bond acceptors (Lipinski definition) is 7. The number of aromatic nitrogens is 5. The van der Waals surface area contributed by atoms with Crippen LogP contribution >= 0.6 is 11.8 Å². The molecule has 0 radical (unpaired) electrons. The Hall–Kier alpha value is -4.19. The lowest BCUT2D eigenvalue weighted by Gasteiger charge is -2.33. The summed E-state index contributed by atoms with van der Waals surface area (Å²) in [4.78, 5) is 22.6.